The second kappa shape index (κ2) is 10.5. The maximum absolute atomic E-state index is 5.46. The predicted molar refractivity (Wildman–Crippen MR) is 201 cm³/mol. The van der Waals surface area contributed by atoms with E-state index in [0.717, 1.165) is 39.4 Å². The van der Waals surface area contributed by atoms with Crippen molar-refractivity contribution in [3.8, 4) is 39.5 Å². The number of aromatic nitrogens is 3. The van der Waals surface area contributed by atoms with Gasteiger partial charge in [0.05, 0.1) is 27.8 Å². The molecular weight excluding hydrogens is 583 g/mol. The summed E-state index contributed by atoms with van der Waals surface area (Å²) in [6.07, 6.45) is 0. The smallest absolute Gasteiger partial charge is 0.145 e. The highest BCUT2D eigenvalue weighted by Crippen LogP contribution is 2.45. The Hall–Kier alpha value is -6.45. The molecule has 0 N–H and O–H groups in total. The second-order valence-electron chi connectivity index (χ2n) is 12.4. The molecule has 0 atom stereocenters. The molecular formula is C45H29N3. The van der Waals surface area contributed by atoms with Crippen LogP contribution in [0.5, 0.6) is 0 Å². The van der Waals surface area contributed by atoms with Gasteiger partial charge in [-0.05, 0) is 52.9 Å². The lowest BCUT2D eigenvalue weighted by atomic mass is 9.95. The minimum absolute atomic E-state index is 0.939. The molecule has 3 nitrogen and oxygen atoms in total. The average Bonchev–Trinajstić information content (AvgIpc) is 3.73. The molecule has 0 radical (unpaired) electrons. The zero-order valence-corrected chi connectivity index (χ0v) is 26.1. The third kappa shape index (κ3) is 3.91. The van der Waals surface area contributed by atoms with Crippen LogP contribution < -0.4 is 0 Å². The first-order valence-electron chi connectivity index (χ1n) is 16.4. The Kier molecular flexibility index (Phi) is 5.87. The third-order valence-electron chi connectivity index (χ3n) is 9.68. The highest BCUT2D eigenvalue weighted by molar-refractivity contribution is 6.30. The number of nitrogens with zero attached hydrogens (tertiary/aromatic N) is 3. The van der Waals surface area contributed by atoms with E-state index in [1.807, 2.05) is 0 Å². The molecule has 3 heterocycles. The molecule has 0 aliphatic rings. The van der Waals surface area contributed by atoms with E-state index < -0.39 is 0 Å². The van der Waals surface area contributed by atoms with Crippen molar-refractivity contribution in [2.24, 2.45) is 0 Å². The highest BCUT2D eigenvalue weighted by Gasteiger charge is 2.24. The molecule has 0 aliphatic carbocycles. The van der Waals surface area contributed by atoms with Gasteiger partial charge in [-0.3, -0.25) is 4.40 Å². The summed E-state index contributed by atoms with van der Waals surface area (Å²) >= 11 is 0. The van der Waals surface area contributed by atoms with Crippen molar-refractivity contribution in [2.75, 3.05) is 0 Å². The molecule has 3 heteroatoms. The van der Waals surface area contributed by atoms with Crippen molar-refractivity contribution >= 4 is 49.0 Å². The summed E-state index contributed by atoms with van der Waals surface area (Å²) in [6.45, 7) is 0. The minimum atomic E-state index is 0.939. The summed E-state index contributed by atoms with van der Waals surface area (Å²) in [5.41, 5.74) is 11.4. The molecule has 0 amide bonds. The lowest BCUT2D eigenvalue weighted by molar-refractivity contribution is 1.18. The lowest BCUT2D eigenvalue weighted by Crippen LogP contribution is -1.96. The molecule has 48 heavy (non-hydrogen) atoms. The van der Waals surface area contributed by atoms with E-state index in [4.69, 9.17) is 4.98 Å². The zero-order chi connectivity index (χ0) is 31.6. The van der Waals surface area contributed by atoms with E-state index >= 15 is 0 Å². The molecule has 0 saturated carbocycles. The number of para-hydroxylation sites is 2. The Morgan fingerprint density at radius 3 is 1.69 bits per heavy atom. The van der Waals surface area contributed by atoms with Crippen LogP contribution in [0.2, 0.25) is 0 Å². The van der Waals surface area contributed by atoms with Gasteiger partial charge in [0, 0.05) is 38.4 Å². The molecule has 0 fully saturated rings. The largest absolute Gasteiger partial charge is 0.309 e. The van der Waals surface area contributed by atoms with Crippen LogP contribution in [0.1, 0.15) is 0 Å². The van der Waals surface area contributed by atoms with Crippen molar-refractivity contribution in [3.05, 3.63) is 176 Å². The van der Waals surface area contributed by atoms with E-state index in [0.29, 0.717) is 0 Å². The van der Waals surface area contributed by atoms with Gasteiger partial charge in [-0.2, -0.15) is 0 Å². The van der Waals surface area contributed by atoms with Crippen molar-refractivity contribution in [3.63, 3.8) is 0 Å². The van der Waals surface area contributed by atoms with Crippen LogP contribution in [-0.4, -0.2) is 14.0 Å². The molecule has 0 unspecified atom stereocenters. The van der Waals surface area contributed by atoms with Crippen LogP contribution in [0.25, 0.3) is 88.5 Å². The SMILES string of the molecule is c1ccc(-c2ccc3c(c2)c2c4c5ccccc5n(-c5ccccc5)c4ccc2n2c(-c4ccccc4)nc(-c4ccccc4)c32)cc1. The van der Waals surface area contributed by atoms with E-state index in [1.165, 1.54) is 49.1 Å². The number of hydrogen-bond donors (Lipinski definition) is 0. The number of fused-ring (bicyclic) bond motifs is 10. The second-order valence-corrected chi connectivity index (χ2v) is 12.4. The average molecular weight is 612 g/mol. The molecule has 10 aromatic rings. The molecule has 0 aliphatic heterocycles. The molecule has 0 spiro atoms. The summed E-state index contributed by atoms with van der Waals surface area (Å²) in [4.78, 5) is 5.46. The minimum Gasteiger partial charge on any atom is -0.309 e. The van der Waals surface area contributed by atoms with Crippen molar-refractivity contribution in [2.45, 2.75) is 0 Å². The fraction of sp³-hybridized carbons (Fsp3) is 0. The van der Waals surface area contributed by atoms with Crippen LogP contribution in [0.4, 0.5) is 0 Å². The highest BCUT2D eigenvalue weighted by atomic mass is 15.0. The van der Waals surface area contributed by atoms with Crippen LogP contribution in [0.15, 0.2) is 176 Å². The fourth-order valence-electron chi connectivity index (χ4n) is 7.61. The van der Waals surface area contributed by atoms with Crippen molar-refractivity contribution in [1.82, 2.24) is 14.0 Å². The Morgan fingerprint density at radius 2 is 0.958 bits per heavy atom. The van der Waals surface area contributed by atoms with Crippen LogP contribution >= 0.6 is 0 Å². The van der Waals surface area contributed by atoms with Gasteiger partial charge in [-0.15, -0.1) is 0 Å². The van der Waals surface area contributed by atoms with Gasteiger partial charge < -0.3 is 4.57 Å². The first-order chi connectivity index (χ1) is 23.8. The predicted octanol–water partition coefficient (Wildman–Crippen LogP) is 11.7. The van der Waals surface area contributed by atoms with Crippen LogP contribution in [0.3, 0.4) is 0 Å². The van der Waals surface area contributed by atoms with E-state index in [2.05, 4.69) is 185 Å². The van der Waals surface area contributed by atoms with Crippen molar-refractivity contribution < 1.29 is 0 Å². The van der Waals surface area contributed by atoms with E-state index in [1.54, 1.807) is 0 Å². The Bertz CT molecular complexity index is 2800. The number of imidazole rings is 1. The van der Waals surface area contributed by atoms with Gasteiger partial charge in [-0.25, -0.2) is 4.98 Å². The first kappa shape index (κ1) is 26.7. The Morgan fingerprint density at radius 1 is 0.375 bits per heavy atom. The van der Waals surface area contributed by atoms with Gasteiger partial charge >= 0.3 is 0 Å². The monoisotopic (exact) mass is 611 g/mol. The lowest BCUT2D eigenvalue weighted by Gasteiger charge is -2.15. The summed E-state index contributed by atoms with van der Waals surface area (Å²) in [7, 11) is 0. The van der Waals surface area contributed by atoms with Gasteiger partial charge in [0.2, 0.25) is 0 Å². The van der Waals surface area contributed by atoms with Gasteiger partial charge in [0.1, 0.15) is 5.82 Å². The maximum Gasteiger partial charge on any atom is 0.145 e. The number of benzene rings is 7. The van der Waals surface area contributed by atoms with Gasteiger partial charge in [0.25, 0.3) is 0 Å². The standard InChI is InChI=1S/C45H29N3/c1-5-15-30(16-6-1)33-25-26-35-37(29-33)42-40(28-27-39-41(42)36-23-13-14-24-38(36)47(39)34-21-11-4-12-22-34)48-44(35)43(31-17-7-2-8-18-31)46-45(48)32-19-9-3-10-20-32/h1-29H. The molecule has 224 valence electrons. The summed E-state index contributed by atoms with van der Waals surface area (Å²) in [5, 5.41) is 6.11. The topological polar surface area (TPSA) is 22.2 Å². The quantitative estimate of drug-likeness (QED) is 0.182. The summed E-state index contributed by atoms with van der Waals surface area (Å²) in [5.74, 6) is 0.939. The Labute approximate surface area is 277 Å². The normalized spacial score (nSPS) is 11.8. The number of rotatable bonds is 4. The Balaban J connectivity index is 1.47. The molecule has 7 aromatic carbocycles. The van der Waals surface area contributed by atoms with E-state index in [9.17, 15) is 0 Å². The number of hydrogen-bond acceptors (Lipinski definition) is 1. The number of pyridine rings is 1. The van der Waals surface area contributed by atoms with Crippen LogP contribution in [0, 0.1) is 0 Å². The first-order valence-corrected chi connectivity index (χ1v) is 16.4. The van der Waals surface area contributed by atoms with Gasteiger partial charge in [0.15, 0.2) is 0 Å². The van der Waals surface area contributed by atoms with Gasteiger partial charge in [-0.1, -0.05) is 140 Å². The third-order valence-corrected chi connectivity index (χ3v) is 9.68. The molecule has 3 aromatic heterocycles. The summed E-state index contributed by atoms with van der Waals surface area (Å²) in [6, 6.07) is 63.0. The molecule has 10 rings (SSSR count). The fourth-order valence-corrected chi connectivity index (χ4v) is 7.61. The van der Waals surface area contributed by atoms with Crippen LogP contribution in [-0.2, 0) is 0 Å². The molecule has 0 saturated heterocycles. The molecule has 0 bridgehead atoms. The maximum atomic E-state index is 5.46. The summed E-state index contributed by atoms with van der Waals surface area (Å²) < 4.78 is 4.81. The van der Waals surface area contributed by atoms with Crippen molar-refractivity contribution in [1.29, 1.82) is 0 Å². The van der Waals surface area contributed by atoms with E-state index in [-0.39, 0.29) is 0 Å². The zero-order valence-electron chi connectivity index (χ0n) is 26.1.